The fourth-order valence-corrected chi connectivity index (χ4v) is 3.28. The lowest BCUT2D eigenvalue weighted by molar-refractivity contribution is 0.390. The zero-order chi connectivity index (χ0) is 14.0. The SMILES string of the molecule is COc1ccc(C(N)c2sccc2C)c(OC)c1Cl. The van der Waals surface area contributed by atoms with Gasteiger partial charge < -0.3 is 15.2 Å². The monoisotopic (exact) mass is 297 g/mol. The Morgan fingerprint density at radius 3 is 2.47 bits per heavy atom. The average Bonchev–Trinajstić information content (AvgIpc) is 2.83. The highest BCUT2D eigenvalue weighted by Crippen LogP contribution is 2.41. The van der Waals surface area contributed by atoms with Gasteiger partial charge in [-0.3, -0.25) is 0 Å². The van der Waals surface area contributed by atoms with Crippen molar-refractivity contribution in [3.8, 4) is 11.5 Å². The lowest BCUT2D eigenvalue weighted by Crippen LogP contribution is -2.13. The summed E-state index contributed by atoms with van der Waals surface area (Å²) < 4.78 is 10.6. The first-order valence-corrected chi connectivity index (χ1v) is 7.05. The predicted octanol–water partition coefficient (Wildman–Crippen LogP) is 3.78. The Balaban J connectivity index is 2.51. The Morgan fingerprint density at radius 1 is 1.21 bits per heavy atom. The molecule has 2 aromatic rings. The number of hydrogen-bond donors (Lipinski definition) is 1. The Kier molecular flexibility index (Phi) is 4.34. The van der Waals surface area contributed by atoms with Crippen LogP contribution in [-0.2, 0) is 0 Å². The van der Waals surface area contributed by atoms with Crippen LogP contribution in [0.15, 0.2) is 23.6 Å². The molecular weight excluding hydrogens is 282 g/mol. The van der Waals surface area contributed by atoms with Crippen LogP contribution in [0, 0.1) is 6.92 Å². The van der Waals surface area contributed by atoms with E-state index in [1.165, 1.54) is 5.56 Å². The lowest BCUT2D eigenvalue weighted by atomic mass is 10.0. The molecule has 0 aliphatic heterocycles. The van der Waals surface area contributed by atoms with E-state index in [1.54, 1.807) is 25.6 Å². The Labute approximate surface area is 121 Å². The molecule has 19 heavy (non-hydrogen) atoms. The molecule has 0 saturated carbocycles. The lowest BCUT2D eigenvalue weighted by Gasteiger charge is -2.18. The number of nitrogens with two attached hydrogens (primary N) is 1. The predicted molar refractivity (Wildman–Crippen MR) is 79.6 cm³/mol. The summed E-state index contributed by atoms with van der Waals surface area (Å²) in [5.41, 5.74) is 8.36. The second-order valence-corrected chi connectivity index (χ2v) is 5.48. The maximum Gasteiger partial charge on any atom is 0.146 e. The van der Waals surface area contributed by atoms with Crippen molar-refractivity contribution in [2.45, 2.75) is 13.0 Å². The third kappa shape index (κ3) is 2.56. The molecule has 2 rings (SSSR count). The van der Waals surface area contributed by atoms with Crippen molar-refractivity contribution in [2.24, 2.45) is 5.73 Å². The second kappa shape index (κ2) is 5.82. The van der Waals surface area contributed by atoms with E-state index in [0.717, 1.165) is 10.4 Å². The van der Waals surface area contributed by atoms with E-state index in [1.807, 2.05) is 24.4 Å². The molecule has 1 unspecified atom stereocenters. The minimum Gasteiger partial charge on any atom is -0.495 e. The number of aryl methyl sites for hydroxylation is 1. The van der Waals surface area contributed by atoms with Crippen LogP contribution in [0.4, 0.5) is 0 Å². The Bertz CT molecular complexity index is 583. The summed E-state index contributed by atoms with van der Waals surface area (Å²) in [6, 6.07) is 5.51. The van der Waals surface area contributed by atoms with Crippen molar-refractivity contribution >= 4 is 22.9 Å². The molecule has 2 N–H and O–H groups in total. The van der Waals surface area contributed by atoms with Crippen LogP contribution < -0.4 is 15.2 Å². The first-order valence-electron chi connectivity index (χ1n) is 5.80. The van der Waals surface area contributed by atoms with Crippen molar-refractivity contribution in [3.63, 3.8) is 0 Å². The van der Waals surface area contributed by atoms with Crippen molar-refractivity contribution in [1.82, 2.24) is 0 Å². The Hall–Kier alpha value is -1.23. The largest absolute Gasteiger partial charge is 0.495 e. The summed E-state index contributed by atoms with van der Waals surface area (Å²) in [5, 5.41) is 2.48. The smallest absolute Gasteiger partial charge is 0.146 e. The van der Waals surface area contributed by atoms with Gasteiger partial charge in [-0.05, 0) is 36.1 Å². The molecule has 102 valence electrons. The molecular formula is C14H16ClNO2S. The molecule has 0 aliphatic carbocycles. The van der Waals surface area contributed by atoms with E-state index in [0.29, 0.717) is 16.5 Å². The van der Waals surface area contributed by atoms with Gasteiger partial charge in [0.2, 0.25) is 0 Å². The van der Waals surface area contributed by atoms with Gasteiger partial charge in [0.05, 0.1) is 20.3 Å². The summed E-state index contributed by atoms with van der Waals surface area (Å²) in [5.74, 6) is 1.15. The third-order valence-electron chi connectivity index (χ3n) is 3.04. The molecule has 1 heterocycles. The topological polar surface area (TPSA) is 44.5 Å². The van der Waals surface area contributed by atoms with Crippen LogP contribution in [0.5, 0.6) is 11.5 Å². The van der Waals surface area contributed by atoms with Crippen molar-refractivity contribution in [2.75, 3.05) is 14.2 Å². The summed E-state index contributed by atoms with van der Waals surface area (Å²) in [4.78, 5) is 1.11. The van der Waals surface area contributed by atoms with E-state index >= 15 is 0 Å². The van der Waals surface area contributed by atoms with Gasteiger partial charge in [0.15, 0.2) is 0 Å². The van der Waals surface area contributed by atoms with Crippen LogP contribution in [0.2, 0.25) is 5.02 Å². The van der Waals surface area contributed by atoms with Crippen molar-refractivity contribution < 1.29 is 9.47 Å². The maximum absolute atomic E-state index is 6.33. The second-order valence-electron chi connectivity index (χ2n) is 4.15. The summed E-state index contributed by atoms with van der Waals surface area (Å²) in [6.07, 6.45) is 0. The van der Waals surface area contributed by atoms with Gasteiger partial charge in [-0.2, -0.15) is 0 Å². The van der Waals surface area contributed by atoms with Crippen LogP contribution in [0.25, 0.3) is 0 Å². The van der Waals surface area contributed by atoms with E-state index in [2.05, 4.69) is 6.07 Å². The van der Waals surface area contributed by atoms with Gasteiger partial charge in [0, 0.05) is 10.4 Å². The van der Waals surface area contributed by atoms with E-state index in [9.17, 15) is 0 Å². The summed E-state index contributed by atoms with van der Waals surface area (Å²) in [7, 11) is 3.15. The number of methoxy groups -OCH3 is 2. The fourth-order valence-electron chi connectivity index (χ4n) is 2.01. The van der Waals surface area contributed by atoms with E-state index < -0.39 is 0 Å². The molecule has 0 saturated heterocycles. The molecule has 0 spiro atoms. The molecule has 0 fully saturated rings. The van der Waals surface area contributed by atoms with Gasteiger partial charge >= 0.3 is 0 Å². The van der Waals surface area contributed by atoms with Gasteiger partial charge in [0.1, 0.15) is 16.5 Å². The normalized spacial score (nSPS) is 12.3. The molecule has 3 nitrogen and oxygen atoms in total. The molecule has 1 aromatic heterocycles. The molecule has 0 radical (unpaired) electrons. The highest BCUT2D eigenvalue weighted by molar-refractivity contribution is 7.10. The molecule has 0 bridgehead atoms. The zero-order valence-corrected chi connectivity index (χ0v) is 12.6. The minimum atomic E-state index is -0.252. The third-order valence-corrected chi connectivity index (χ3v) is 4.50. The van der Waals surface area contributed by atoms with Crippen molar-refractivity contribution in [1.29, 1.82) is 0 Å². The Morgan fingerprint density at radius 2 is 1.95 bits per heavy atom. The van der Waals surface area contributed by atoms with Gasteiger partial charge in [0.25, 0.3) is 0 Å². The summed E-state index contributed by atoms with van der Waals surface area (Å²) >= 11 is 7.89. The van der Waals surface area contributed by atoms with Crippen LogP contribution >= 0.6 is 22.9 Å². The minimum absolute atomic E-state index is 0.252. The highest BCUT2D eigenvalue weighted by atomic mass is 35.5. The first kappa shape index (κ1) is 14.2. The number of thiophene rings is 1. The number of rotatable bonds is 4. The van der Waals surface area contributed by atoms with Gasteiger partial charge in [-0.1, -0.05) is 11.6 Å². The summed E-state index contributed by atoms with van der Waals surface area (Å²) in [6.45, 7) is 2.04. The molecule has 1 aromatic carbocycles. The zero-order valence-electron chi connectivity index (χ0n) is 11.1. The van der Waals surface area contributed by atoms with Crippen LogP contribution in [0.1, 0.15) is 22.0 Å². The van der Waals surface area contributed by atoms with Gasteiger partial charge in [-0.15, -0.1) is 11.3 Å². The molecule has 5 heteroatoms. The van der Waals surface area contributed by atoms with Gasteiger partial charge in [-0.25, -0.2) is 0 Å². The standard InChI is InChI=1S/C14H16ClNO2S/c1-8-6-7-19-14(8)12(16)9-4-5-10(17-2)11(15)13(9)18-3/h4-7,12H,16H2,1-3H3. The number of hydrogen-bond acceptors (Lipinski definition) is 4. The molecule has 1 atom stereocenters. The molecule has 0 aliphatic rings. The van der Waals surface area contributed by atoms with Crippen molar-refractivity contribution in [3.05, 3.63) is 44.6 Å². The van der Waals surface area contributed by atoms with Crippen LogP contribution in [0.3, 0.4) is 0 Å². The van der Waals surface area contributed by atoms with E-state index in [4.69, 9.17) is 26.8 Å². The first-order chi connectivity index (χ1) is 9.10. The average molecular weight is 298 g/mol. The quantitative estimate of drug-likeness (QED) is 0.934. The number of ether oxygens (including phenoxy) is 2. The fraction of sp³-hybridized carbons (Fsp3) is 0.286. The molecule has 0 amide bonds. The van der Waals surface area contributed by atoms with E-state index in [-0.39, 0.29) is 6.04 Å². The number of benzene rings is 1. The number of halogens is 1. The maximum atomic E-state index is 6.33. The highest BCUT2D eigenvalue weighted by Gasteiger charge is 2.21. The van der Waals surface area contributed by atoms with Crippen LogP contribution in [-0.4, -0.2) is 14.2 Å².